The summed E-state index contributed by atoms with van der Waals surface area (Å²) in [5.41, 5.74) is 1.72. The maximum Gasteiger partial charge on any atom is 0.256 e. The van der Waals surface area contributed by atoms with E-state index in [-0.39, 0.29) is 17.4 Å². The molecule has 2 aliphatic rings. The summed E-state index contributed by atoms with van der Waals surface area (Å²) in [6.07, 6.45) is 0. The highest BCUT2D eigenvalue weighted by molar-refractivity contribution is 6.06. The minimum absolute atomic E-state index is 0.154. The number of likely N-dealkylation sites (tertiary alicyclic amines) is 1. The number of benzene rings is 3. The smallest absolute Gasteiger partial charge is 0.256 e. The number of hydrogen-bond donors (Lipinski definition) is 1. The SMILES string of the molecule is CN1C[C@H](c2ccccc2OCc2ccccc2C#N)[C@@H]([N+](=O)[O-])[C@@]12C(=O)Nc1ccccc12. The van der Waals surface area contributed by atoms with E-state index in [2.05, 4.69) is 11.4 Å². The first-order valence-electron chi connectivity index (χ1n) is 10.9. The van der Waals surface area contributed by atoms with Crippen LogP contribution < -0.4 is 10.1 Å². The summed E-state index contributed by atoms with van der Waals surface area (Å²) >= 11 is 0. The Hall–Kier alpha value is -4.22. The summed E-state index contributed by atoms with van der Waals surface area (Å²) in [5, 5.41) is 24.8. The third kappa shape index (κ3) is 3.13. The predicted octanol–water partition coefficient (Wildman–Crippen LogP) is 3.66. The average molecular weight is 454 g/mol. The topological polar surface area (TPSA) is 108 Å². The molecule has 0 aromatic heterocycles. The molecule has 0 saturated carbocycles. The largest absolute Gasteiger partial charge is 0.489 e. The van der Waals surface area contributed by atoms with Gasteiger partial charge < -0.3 is 10.1 Å². The van der Waals surface area contributed by atoms with Crippen LogP contribution in [0.2, 0.25) is 0 Å². The van der Waals surface area contributed by atoms with E-state index in [1.807, 2.05) is 30.3 Å². The number of ether oxygens (including phenoxy) is 1. The van der Waals surface area contributed by atoms with Gasteiger partial charge in [0.05, 0.1) is 17.6 Å². The number of para-hydroxylation sites is 2. The van der Waals surface area contributed by atoms with E-state index in [1.165, 1.54) is 0 Å². The Kier molecular flexibility index (Phi) is 5.27. The Bertz CT molecular complexity index is 1330. The van der Waals surface area contributed by atoms with Gasteiger partial charge in [0.15, 0.2) is 5.54 Å². The van der Waals surface area contributed by atoms with Crippen LogP contribution in [0.3, 0.4) is 0 Å². The van der Waals surface area contributed by atoms with E-state index in [0.29, 0.717) is 34.7 Å². The Morgan fingerprint density at radius 3 is 2.65 bits per heavy atom. The highest BCUT2D eigenvalue weighted by Gasteiger charge is 2.68. The van der Waals surface area contributed by atoms with Crippen LogP contribution >= 0.6 is 0 Å². The van der Waals surface area contributed by atoms with Crippen molar-refractivity contribution in [3.05, 3.63) is 105 Å². The van der Waals surface area contributed by atoms with Crippen LogP contribution in [0.1, 0.15) is 28.2 Å². The van der Waals surface area contributed by atoms with Gasteiger partial charge in [-0.05, 0) is 25.2 Å². The molecule has 170 valence electrons. The van der Waals surface area contributed by atoms with Gasteiger partial charge in [0.1, 0.15) is 12.4 Å². The van der Waals surface area contributed by atoms with Gasteiger partial charge >= 0.3 is 0 Å². The number of nitrogens with zero attached hydrogens (tertiary/aromatic N) is 3. The van der Waals surface area contributed by atoms with Crippen LogP contribution in [0.5, 0.6) is 5.75 Å². The molecule has 0 aliphatic carbocycles. The lowest BCUT2D eigenvalue weighted by Crippen LogP contribution is -2.54. The number of rotatable bonds is 5. The molecule has 1 N–H and O–H groups in total. The predicted molar refractivity (Wildman–Crippen MR) is 125 cm³/mol. The lowest BCUT2D eigenvalue weighted by atomic mass is 9.79. The Morgan fingerprint density at radius 2 is 1.85 bits per heavy atom. The van der Waals surface area contributed by atoms with Crippen LogP contribution in [0.15, 0.2) is 72.8 Å². The zero-order valence-electron chi connectivity index (χ0n) is 18.5. The van der Waals surface area contributed by atoms with Crippen molar-refractivity contribution in [3.8, 4) is 11.8 Å². The van der Waals surface area contributed by atoms with Gasteiger partial charge in [0.2, 0.25) is 0 Å². The molecule has 1 fully saturated rings. The van der Waals surface area contributed by atoms with Gasteiger partial charge in [0, 0.05) is 33.8 Å². The summed E-state index contributed by atoms with van der Waals surface area (Å²) in [6.45, 7) is 0.462. The number of fused-ring (bicyclic) bond motifs is 2. The van der Waals surface area contributed by atoms with Crippen molar-refractivity contribution in [2.24, 2.45) is 0 Å². The number of nitriles is 1. The van der Waals surface area contributed by atoms with E-state index in [9.17, 15) is 20.2 Å². The summed E-state index contributed by atoms with van der Waals surface area (Å²) in [7, 11) is 1.75. The van der Waals surface area contributed by atoms with Crippen molar-refractivity contribution >= 4 is 11.6 Å². The molecule has 1 spiro atoms. The van der Waals surface area contributed by atoms with Crippen molar-refractivity contribution in [1.82, 2.24) is 4.90 Å². The first-order chi connectivity index (χ1) is 16.5. The number of hydrogen-bond acceptors (Lipinski definition) is 6. The summed E-state index contributed by atoms with van der Waals surface area (Å²) in [5.74, 6) is -0.467. The van der Waals surface area contributed by atoms with Crippen LogP contribution in [0.4, 0.5) is 5.69 Å². The van der Waals surface area contributed by atoms with Crippen LogP contribution in [-0.2, 0) is 16.9 Å². The standard InChI is InChI=1S/C26H22N4O4/c1-29-15-20(24(30(32)33)26(29)21-11-5-6-12-22(21)28-25(26)31)19-10-4-7-13-23(19)34-16-18-9-3-2-8-17(18)14-27/h2-13,20,24H,15-16H2,1H3,(H,28,31)/t20-,24-,26+/m1/s1. The van der Waals surface area contributed by atoms with E-state index in [0.717, 1.165) is 5.56 Å². The zero-order chi connectivity index (χ0) is 23.9. The minimum atomic E-state index is -1.41. The molecular weight excluding hydrogens is 432 g/mol. The van der Waals surface area contributed by atoms with Gasteiger partial charge in [0.25, 0.3) is 11.9 Å². The molecule has 0 radical (unpaired) electrons. The van der Waals surface area contributed by atoms with Crippen molar-refractivity contribution in [3.63, 3.8) is 0 Å². The van der Waals surface area contributed by atoms with Gasteiger partial charge in [-0.2, -0.15) is 5.26 Å². The Morgan fingerprint density at radius 1 is 1.15 bits per heavy atom. The number of nitro groups is 1. The molecule has 2 heterocycles. The number of anilines is 1. The first-order valence-corrected chi connectivity index (χ1v) is 10.9. The van der Waals surface area contributed by atoms with E-state index in [4.69, 9.17) is 4.74 Å². The van der Waals surface area contributed by atoms with Crippen LogP contribution in [0, 0.1) is 21.4 Å². The first kappa shape index (κ1) is 21.6. The molecule has 8 heteroatoms. The molecule has 3 atom stereocenters. The second kappa shape index (κ2) is 8.28. The highest BCUT2D eigenvalue weighted by atomic mass is 16.6. The molecule has 1 saturated heterocycles. The van der Waals surface area contributed by atoms with Gasteiger partial charge in [-0.15, -0.1) is 0 Å². The van der Waals surface area contributed by atoms with Crippen LogP contribution in [0.25, 0.3) is 0 Å². The molecule has 3 aromatic carbocycles. The number of carbonyl (C=O) groups excluding carboxylic acids is 1. The Labute approximate surface area is 196 Å². The van der Waals surface area contributed by atoms with Gasteiger partial charge in [-0.1, -0.05) is 54.6 Å². The van der Waals surface area contributed by atoms with Gasteiger partial charge in [-0.3, -0.25) is 19.8 Å². The molecular formula is C26H22N4O4. The number of amides is 1. The normalized spacial score (nSPS) is 23.4. The molecule has 1 amide bonds. The van der Waals surface area contributed by atoms with Crippen molar-refractivity contribution in [2.45, 2.75) is 24.1 Å². The van der Waals surface area contributed by atoms with Crippen molar-refractivity contribution in [1.29, 1.82) is 5.26 Å². The zero-order valence-corrected chi connectivity index (χ0v) is 18.5. The third-order valence-corrected chi connectivity index (χ3v) is 6.88. The molecule has 0 bridgehead atoms. The van der Waals surface area contributed by atoms with Crippen molar-refractivity contribution in [2.75, 3.05) is 18.9 Å². The molecule has 0 unspecified atom stereocenters. The van der Waals surface area contributed by atoms with Gasteiger partial charge in [-0.25, -0.2) is 0 Å². The average Bonchev–Trinajstić information content (AvgIpc) is 3.32. The number of carbonyl (C=O) groups is 1. The molecule has 8 nitrogen and oxygen atoms in total. The fourth-order valence-corrected chi connectivity index (χ4v) is 5.39. The van der Waals surface area contributed by atoms with E-state index in [1.54, 1.807) is 54.4 Å². The molecule has 34 heavy (non-hydrogen) atoms. The molecule has 2 aliphatic heterocycles. The fraction of sp³-hybridized carbons (Fsp3) is 0.231. The monoisotopic (exact) mass is 454 g/mol. The van der Waals surface area contributed by atoms with E-state index < -0.39 is 17.5 Å². The molecule has 5 rings (SSSR count). The maximum absolute atomic E-state index is 13.3. The second-order valence-corrected chi connectivity index (χ2v) is 8.58. The van der Waals surface area contributed by atoms with Crippen molar-refractivity contribution < 1.29 is 14.5 Å². The third-order valence-electron chi connectivity index (χ3n) is 6.88. The highest BCUT2D eigenvalue weighted by Crippen LogP contribution is 2.52. The summed E-state index contributed by atoms with van der Waals surface area (Å²) in [6, 6.07) is 22.5. The lowest BCUT2D eigenvalue weighted by molar-refractivity contribution is -0.534. The maximum atomic E-state index is 13.3. The lowest BCUT2D eigenvalue weighted by Gasteiger charge is -2.30. The number of likely N-dealkylation sites (N-methyl/N-ethyl adjacent to an activating group) is 1. The van der Waals surface area contributed by atoms with Crippen LogP contribution in [-0.4, -0.2) is 35.4 Å². The fourth-order valence-electron chi connectivity index (χ4n) is 5.39. The molecule has 3 aromatic rings. The Balaban J connectivity index is 1.55. The minimum Gasteiger partial charge on any atom is -0.489 e. The quantitative estimate of drug-likeness (QED) is 0.466. The van der Waals surface area contributed by atoms with E-state index >= 15 is 0 Å². The number of nitrogens with one attached hydrogen (secondary N) is 1. The second-order valence-electron chi connectivity index (χ2n) is 8.58. The summed E-state index contributed by atoms with van der Waals surface area (Å²) < 4.78 is 6.10. The summed E-state index contributed by atoms with van der Waals surface area (Å²) in [4.78, 5) is 27.3.